The zero-order valence-corrected chi connectivity index (χ0v) is 15.1. The maximum absolute atomic E-state index is 12.3. The molecule has 0 radical (unpaired) electrons. The highest BCUT2D eigenvalue weighted by Crippen LogP contribution is 2.19. The van der Waals surface area contributed by atoms with Gasteiger partial charge in [0.05, 0.1) is 6.61 Å². The molecule has 1 N–H and O–H groups in total. The van der Waals surface area contributed by atoms with Gasteiger partial charge >= 0.3 is 5.97 Å². The van der Waals surface area contributed by atoms with E-state index in [1.165, 1.54) is 0 Å². The van der Waals surface area contributed by atoms with E-state index in [4.69, 9.17) is 9.47 Å². The van der Waals surface area contributed by atoms with E-state index in [2.05, 4.69) is 5.32 Å². The SMILES string of the molecule is CCOc1ccccc1COC(=O)CNC(=O)c1ccc2ccccc2c1. The molecule has 0 aliphatic heterocycles. The summed E-state index contributed by atoms with van der Waals surface area (Å²) in [6, 6.07) is 20.6. The summed E-state index contributed by atoms with van der Waals surface area (Å²) in [6.07, 6.45) is 0. The van der Waals surface area contributed by atoms with Gasteiger partial charge in [-0.1, -0.05) is 48.5 Å². The quantitative estimate of drug-likeness (QED) is 0.650. The molecular formula is C22H21NO4. The summed E-state index contributed by atoms with van der Waals surface area (Å²) in [5.41, 5.74) is 1.29. The summed E-state index contributed by atoms with van der Waals surface area (Å²) in [5, 5.41) is 4.62. The Morgan fingerprint density at radius 1 is 0.926 bits per heavy atom. The number of para-hydroxylation sites is 1. The van der Waals surface area contributed by atoms with Gasteiger partial charge in [-0.15, -0.1) is 0 Å². The summed E-state index contributed by atoms with van der Waals surface area (Å²) in [7, 11) is 0. The van der Waals surface area contributed by atoms with Crippen molar-refractivity contribution < 1.29 is 19.1 Å². The lowest BCUT2D eigenvalue weighted by Gasteiger charge is -2.11. The standard InChI is InChI=1S/C22H21NO4/c1-2-26-20-10-6-5-9-19(20)15-27-21(24)14-23-22(25)18-12-11-16-7-3-4-8-17(16)13-18/h3-13H,2,14-15H2,1H3,(H,23,25). The van der Waals surface area contributed by atoms with Crippen LogP contribution in [0, 0.1) is 0 Å². The number of benzene rings is 3. The summed E-state index contributed by atoms with van der Waals surface area (Å²) < 4.78 is 10.7. The monoisotopic (exact) mass is 363 g/mol. The molecule has 0 bridgehead atoms. The average Bonchev–Trinajstić information content (AvgIpc) is 2.71. The van der Waals surface area contributed by atoms with Crippen molar-refractivity contribution in [3.63, 3.8) is 0 Å². The highest BCUT2D eigenvalue weighted by atomic mass is 16.5. The Labute approximate surface area is 157 Å². The minimum Gasteiger partial charge on any atom is -0.493 e. The van der Waals surface area contributed by atoms with E-state index in [0.29, 0.717) is 17.9 Å². The number of fused-ring (bicyclic) bond motifs is 1. The first-order valence-electron chi connectivity index (χ1n) is 8.80. The van der Waals surface area contributed by atoms with E-state index in [9.17, 15) is 9.59 Å². The summed E-state index contributed by atoms with van der Waals surface area (Å²) in [6.45, 7) is 2.33. The third-order valence-corrected chi connectivity index (χ3v) is 4.07. The number of ether oxygens (including phenoxy) is 2. The zero-order valence-electron chi connectivity index (χ0n) is 15.1. The molecule has 0 unspecified atom stereocenters. The van der Waals surface area contributed by atoms with Crippen LogP contribution in [0.25, 0.3) is 10.8 Å². The molecule has 27 heavy (non-hydrogen) atoms. The molecule has 0 spiro atoms. The highest BCUT2D eigenvalue weighted by molar-refractivity contribution is 5.99. The molecule has 0 fully saturated rings. The summed E-state index contributed by atoms with van der Waals surface area (Å²) in [5.74, 6) is -0.129. The maximum atomic E-state index is 12.3. The van der Waals surface area contributed by atoms with Gasteiger partial charge in [-0.2, -0.15) is 0 Å². The second-order valence-electron chi connectivity index (χ2n) is 5.95. The number of nitrogens with one attached hydrogen (secondary N) is 1. The van der Waals surface area contributed by atoms with Crippen molar-refractivity contribution in [1.29, 1.82) is 0 Å². The normalized spacial score (nSPS) is 10.4. The Hall–Kier alpha value is -3.34. The molecule has 0 atom stereocenters. The molecule has 0 saturated carbocycles. The van der Waals surface area contributed by atoms with Gasteiger partial charge < -0.3 is 14.8 Å². The number of amides is 1. The Kier molecular flexibility index (Phi) is 6.05. The van der Waals surface area contributed by atoms with Crippen LogP contribution in [0.15, 0.2) is 66.7 Å². The molecule has 1 amide bonds. The summed E-state index contributed by atoms with van der Waals surface area (Å²) in [4.78, 5) is 24.2. The molecular weight excluding hydrogens is 342 g/mol. The first-order valence-corrected chi connectivity index (χ1v) is 8.80. The zero-order chi connectivity index (χ0) is 19.1. The third-order valence-electron chi connectivity index (χ3n) is 4.07. The molecule has 0 aromatic heterocycles. The van der Waals surface area contributed by atoms with Gasteiger partial charge in [-0.3, -0.25) is 9.59 Å². The van der Waals surface area contributed by atoms with Crippen LogP contribution in [0.5, 0.6) is 5.75 Å². The topological polar surface area (TPSA) is 64.6 Å². The van der Waals surface area contributed by atoms with Crippen LogP contribution in [-0.2, 0) is 16.1 Å². The van der Waals surface area contributed by atoms with Crippen LogP contribution < -0.4 is 10.1 Å². The Balaban J connectivity index is 1.53. The fourth-order valence-electron chi connectivity index (χ4n) is 2.71. The smallest absolute Gasteiger partial charge is 0.325 e. The highest BCUT2D eigenvalue weighted by Gasteiger charge is 2.11. The molecule has 3 aromatic carbocycles. The molecule has 0 aliphatic rings. The molecule has 3 aromatic rings. The van der Waals surface area contributed by atoms with Crippen molar-refractivity contribution in [2.75, 3.05) is 13.2 Å². The van der Waals surface area contributed by atoms with E-state index in [1.807, 2.05) is 61.5 Å². The minimum absolute atomic E-state index is 0.0981. The lowest BCUT2D eigenvalue weighted by molar-refractivity contribution is -0.143. The largest absolute Gasteiger partial charge is 0.493 e. The summed E-state index contributed by atoms with van der Waals surface area (Å²) >= 11 is 0. The van der Waals surface area contributed by atoms with Gasteiger partial charge in [0, 0.05) is 11.1 Å². The molecule has 0 aliphatic carbocycles. The van der Waals surface area contributed by atoms with E-state index in [1.54, 1.807) is 12.1 Å². The van der Waals surface area contributed by atoms with E-state index < -0.39 is 5.97 Å². The number of carbonyl (C=O) groups excluding carboxylic acids is 2. The van der Waals surface area contributed by atoms with Crippen molar-refractivity contribution in [3.8, 4) is 5.75 Å². The lowest BCUT2D eigenvalue weighted by Crippen LogP contribution is -2.30. The van der Waals surface area contributed by atoms with E-state index in [0.717, 1.165) is 16.3 Å². The van der Waals surface area contributed by atoms with Crippen LogP contribution >= 0.6 is 0 Å². The fraction of sp³-hybridized carbons (Fsp3) is 0.182. The van der Waals surface area contributed by atoms with Gasteiger partial charge in [0.2, 0.25) is 0 Å². The molecule has 138 valence electrons. The van der Waals surface area contributed by atoms with Crippen LogP contribution in [-0.4, -0.2) is 25.0 Å². The van der Waals surface area contributed by atoms with E-state index >= 15 is 0 Å². The average molecular weight is 363 g/mol. The van der Waals surface area contributed by atoms with Gasteiger partial charge in [0.15, 0.2) is 0 Å². The number of hydrogen-bond donors (Lipinski definition) is 1. The van der Waals surface area contributed by atoms with Crippen molar-refractivity contribution >= 4 is 22.6 Å². The second-order valence-corrected chi connectivity index (χ2v) is 5.95. The van der Waals surface area contributed by atoms with Gasteiger partial charge in [-0.05, 0) is 35.9 Å². The number of hydrogen-bond acceptors (Lipinski definition) is 4. The molecule has 5 heteroatoms. The lowest BCUT2D eigenvalue weighted by atomic mass is 10.1. The molecule has 0 heterocycles. The number of rotatable bonds is 7. The maximum Gasteiger partial charge on any atom is 0.325 e. The molecule has 0 saturated heterocycles. The van der Waals surface area contributed by atoms with Crippen molar-refractivity contribution in [2.24, 2.45) is 0 Å². The van der Waals surface area contributed by atoms with Crippen LogP contribution in [0.1, 0.15) is 22.8 Å². The van der Waals surface area contributed by atoms with Crippen LogP contribution in [0.4, 0.5) is 0 Å². The predicted molar refractivity (Wildman–Crippen MR) is 104 cm³/mol. The second kappa shape index (κ2) is 8.85. The van der Waals surface area contributed by atoms with Crippen molar-refractivity contribution in [3.05, 3.63) is 77.9 Å². The minimum atomic E-state index is -0.504. The van der Waals surface area contributed by atoms with Crippen molar-refractivity contribution in [1.82, 2.24) is 5.32 Å². The van der Waals surface area contributed by atoms with Gasteiger partial charge in [0.1, 0.15) is 18.9 Å². The first-order chi connectivity index (χ1) is 13.2. The van der Waals surface area contributed by atoms with Crippen LogP contribution in [0.2, 0.25) is 0 Å². The fourth-order valence-corrected chi connectivity index (χ4v) is 2.71. The van der Waals surface area contributed by atoms with Crippen molar-refractivity contribution in [2.45, 2.75) is 13.5 Å². The van der Waals surface area contributed by atoms with Gasteiger partial charge in [0.25, 0.3) is 5.91 Å². The first kappa shape index (κ1) is 18.5. The van der Waals surface area contributed by atoms with E-state index in [-0.39, 0.29) is 19.1 Å². The third kappa shape index (κ3) is 4.85. The Bertz CT molecular complexity index is 952. The number of carbonyl (C=O) groups is 2. The van der Waals surface area contributed by atoms with Crippen LogP contribution in [0.3, 0.4) is 0 Å². The Morgan fingerprint density at radius 2 is 1.67 bits per heavy atom. The molecule has 3 rings (SSSR count). The molecule has 5 nitrogen and oxygen atoms in total. The van der Waals surface area contributed by atoms with Gasteiger partial charge in [-0.25, -0.2) is 0 Å². The number of esters is 1. The predicted octanol–water partition coefficient (Wildman–Crippen LogP) is 3.71. The Morgan fingerprint density at radius 3 is 2.48 bits per heavy atom.